The van der Waals surface area contributed by atoms with Crippen molar-refractivity contribution in [1.82, 2.24) is 0 Å². The van der Waals surface area contributed by atoms with Gasteiger partial charge in [0.05, 0.1) is 33.0 Å². The van der Waals surface area contributed by atoms with E-state index in [2.05, 4.69) is 51.2 Å². The molecule has 0 fully saturated rings. The van der Waals surface area contributed by atoms with E-state index < -0.39 is 8.07 Å². The summed E-state index contributed by atoms with van der Waals surface area (Å²) in [6.45, 7) is 14.7. The topological polar surface area (TPSA) is 27.7 Å². The summed E-state index contributed by atoms with van der Waals surface area (Å²) in [4.78, 5) is 0. The van der Waals surface area contributed by atoms with Gasteiger partial charge in [-0.2, -0.15) is 0 Å². The molecule has 0 saturated carbocycles. The first kappa shape index (κ1) is 20.2. The van der Waals surface area contributed by atoms with E-state index in [-0.39, 0.29) is 0 Å². The quantitative estimate of drug-likeness (QED) is 0.372. The zero-order valence-electron chi connectivity index (χ0n) is 14.3. The Hall–Kier alpha value is -0.783. The summed E-state index contributed by atoms with van der Waals surface area (Å²) in [5.41, 5.74) is 3.47. The van der Waals surface area contributed by atoms with E-state index >= 15 is 0 Å². The molecule has 0 spiro atoms. The third-order valence-corrected chi connectivity index (χ3v) is 8.13. The number of hydrogen-bond donors (Lipinski definition) is 0. The Kier molecular flexibility index (Phi) is 10.5. The molecule has 0 aliphatic heterocycles. The van der Waals surface area contributed by atoms with Gasteiger partial charge in [-0.25, -0.2) is 0 Å². The van der Waals surface area contributed by atoms with Gasteiger partial charge in [0, 0.05) is 6.42 Å². The highest BCUT2D eigenvalue weighted by molar-refractivity contribution is 6.87. The normalized spacial score (nSPS) is 11.6. The van der Waals surface area contributed by atoms with E-state index in [1.807, 2.05) is 0 Å². The molecule has 0 heterocycles. The molecule has 0 saturated heterocycles. The fourth-order valence-corrected chi connectivity index (χ4v) is 2.11. The van der Waals surface area contributed by atoms with Gasteiger partial charge in [0.15, 0.2) is 0 Å². The molecule has 0 aliphatic carbocycles. The van der Waals surface area contributed by atoms with Crippen LogP contribution in [0.5, 0.6) is 0 Å². The minimum atomic E-state index is -1.47. The zero-order valence-corrected chi connectivity index (χ0v) is 15.3. The third-order valence-electron chi connectivity index (χ3n) is 3.58. The average Bonchev–Trinajstić information content (AvgIpc) is 2.38. The van der Waals surface area contributed by atoms with E-state index in [0.717, 1.165) is 6.42 Å². The summed E-state index contributed by atoms with van der Waals surface area (Å²) >= 11 is 0. The SMILES string of the molecule is C#CCOCCOCCOCCC#C[Si](C)(C)C(C)(C)C. The second-order valence-corrected chi connectivity index (χ2v) is 11.4. The second kappa shape index (κ2) is 10.9. The Bertz CT molecular complexity index is 366. The molecule has 21 heavy (non-hydrogen) atoms. The van der Waals surface area contributed by atoms with Crippen molar-refractivity contribution in [3.8, 4) is 23.8 Å². The molecule has 0 unspecified atom stereocenters. The lowest BCUT2D eigenvalue weighted by molar-refractivity contribution is 0.0215. The van der Waals surface area contributed by atoms with Crippen LogP contribution in [0.15, 0.2) is 0 Å². The molecule has 0 amide bonds. The lowest BCUT2D eigenvalue weighted by atomic mass is 10.2. The summed E-state index contributed by atoms with van der Waals surface area (Å²) in [5.74, 6) is 5.67. The number of ether oxygens (including phenoxy) is 3. The summed E-state index contributed by atoms with van der Waals surface area (Å²) in [6.07, 6.45) is 5.84. The van der Waals surface area contributed by atoms with Gasteiger partial charge in [-0.05, 0) is 5.04 Å². The summed E-state index contributed by atoms with van der Waals surface area (Å²) in [7, 11) is -1.47. The minimum Gasteiger partial charge on any atom is -0.378 e. The first-order chi connectivity index (χ1) is 9.81. The van der Waals surface area contributed by atoms with Crippen LogP contribution in [0, 0.1) is 23.8 Å². The smallest absolute Gasteiger partial charge is 0.137 e. The number of rotatable bonds is 9. The Labute approximate surface area is 131 Å². The molecular formula is C17H30O3Si. The van der Waals surface area contributed by atoms with Gasteiger partial charge in [-0.3, -0.25) is 0 Å². The monoisotopic (exact) mass is 310 g/mol. The molecular weight excluding hydrogens is 280 g/mol. The number of terminal acetylenes is 1. The molecule has 0 atom stereocenters. The van der Waals surface area contributed by atoms with Crippen LogP contribution in [0.2, 0.25) is 18.1 Å². The van der Waals surface area contributed by atoms with Gasteiger partial charge < -0.3 is 14.2 Å². The summed E-state index contributed by atoms with van der Waals surface area (Å²) < 4.78 is 15.9. The second-order valence-electron chi connectivity index (χ2n) is 6.41. The molecule has 0 rings (SSSR count). The summed E-state index contributed by atoms with van der Waals surface area (Å²) in [6, 6.07) is 0. The van der Waals surface area contributed by atoms with Crippen molar-refractivity contribution >= 4 is 8.07 Å². The molecule has 0 aromatic heterocycles. The van der Waals surface area contributed by atoms with Gasteiger partial charge in [-0.15, -0.1) is 17.9 Å². The van der Waals surface area contributed by atoms with E-state index in [1.165, 1.54) is 0 Å². The average molecular weight is 311 g/mol. The summed E-state index contributed by atoms with van der Waals surface area (Å²) in [5, 5.41) is 0.316. The van der Waals surface area contributed by atoms with Crippen LogP contribution in [0.1, 0.15) is 27.2 Å². The van der Waals surface area contributed by atoms with Crippen LogP contribution in [0.4, 0.5) is 0 Å². The predicted molar refractivity (Wildman–Crippen MR) is 90.9 cm³/mol. The van der Waals surface area contributed by atoms with Crippen molar-refractivity contribution in [3.63, 3.8) is 0 Å². The largest absolute Gasteiger partial charge is 0.378 e. The highest BCUT2D eigenvalue weighted by Gasteiger charge is 2.33. The maximum Gasteiger partial charge on any atom is 0.137 e. The van der Waals surface area contributed by atoms with Crippen molar-refractivity contribution in [1.29, 1.82) is 0 Å². The zero-order chi connectivity index (χ0) is 16.2. The Morgan fingerprint density at radius 1 is 0.905 bits per heavy atom. The highest BCUT2D eigenvalue weighted by atomic mass is 28.3. The van der Waals surface area contributed by atoms with Crippen molar-refractivity contribution in [2.24, 2.45) is 0 Å². The number of hydrogen-bond acceptors (Lipinski definition) is 3. The van der Waals surface area contributed by atoms with Crippen molar-refractivity contribution in [2.75, 3.05) is 39.6 Å². The van der Waals surface area contributed by atoms with Gasteiger partial charge in [-0.1, -0.05) is 39.8 Å². The minimum absolute atomic E-state index is 0.316. The lowest BCUT2D eigenvalue weighted by Crippen LogP contribution is -2.35. The Morgan fingerprint density at radius 2 is 1.43 bits per heavy atom. The fourth-order valence-electron chi connectivity index (χ4n) is 1.17. The molecule has 0 aliphatic rings. The van der Waals surface area contributed by atoms with E-state index in [1.54, 1.807) is 0 Å². The van der Waals surface area contributed by atoms with Crippen LogP contribution >= 0.6 is 0 Å². The van der Waals surface area contributed by atoms with Crippen LogP contribution in [0.3, 0.4) is 0 Å². The van der Waals surface area contributed by atoms with Crippen LogP contribution < -0.4 is 0 Å². The van der Waals surface area contributed by atoms with Crippen LogP contribution in [-0.2, 0) is 14.2 Å². The van der Waals surface area contributed by atoms with E-state index in [0.29, 0.717) is 44.7 Å². The molecule has 3 nitrogen and oxygen atoms in total. The predicted octanol–water partition coefficient (Wildman–Crippen LogP) is 3.11. The van der Waals surface area contributed by atoms with Gasteiger partial charge in [0.1, 0.15) is 14.7 Å². The maximum atomic E-state index is 5.48. The maximum absolute atomic E-state index is 5.48. The van der Waals surface area contributed by atoms with Crippen molar-refractivity contribution in [2.45, 2.75) is 45.3 Å². The van der Waals surface area contributed by atoms with E-state index in [9.17, 15) is 0 Å². The van der Waals surface area contributed by atoms with Crippen molar-refractivity contribution in [3.05, 3.63) is 0 Å². The molecule has 0 aromatic carbocycles. The molecule has 0 bridgehead atoms. The molecule has 120 valence electrons. The molecule has 0 N–H and O–H groups in total. The molecule has 0 radical (unpaired) electrons. The Morgan fingerprint density at radius 3 is 1.95 bits per heavy atom. The molecule has 0 aromatic rings. The third kappa shape index (κ3) is 10.6. The van der Waals surface area contributed by atoms with Gasteiger partial charge >= 0.3 is 0 Å². The Balaban J connectivity index is 3.52. The highest BCUT2D eigenvalue weighted by Crippen LogP contribution is 2.35. The van der Waals surface area contributed by atoms with Crippen LogP contribution in [0.25, 0.3) is 0 Å². The van der Waals surface area contributed by atoms with Crippen LogP contribution in [-0.4, -0.2) is 47.7 Å². The van der Waals surface area contributed by atoms with Gasteiger partial charge in [0.2, 0.25) is 0 Å². The lowest BCUT2D eigenvalue weighted by Gasteiger charge is -2.31. The van der Waals surface area contributed by atoms with Crippen molar-refractivity contribution < 1.29 is 14.2 Å². The standard InChI is InChI=1S/C17H30O3Si/c1-7-10-18-12-14-20-15-13-19-11-8-9-16-21(5,6)17(2,3)4/h1H,8,10-15H2,2-6H3. The molecule has 4 heteroatoms. The first-order valence-corrected chi connectivity index (χ1v) is 10.5. The van der Waals surface area contributed by atoms with Gasteiger partial charge in [0.25, 0.3) is 0 Å². The first-order valence-electron chi connectivity index (χ1n) is 7.48. The fraction of sp³-hybridized carbons (Fsp3) is 0.765. The van der Waals surface area contributed by atoms with E-state index in [4.69, 9.17) is 20.6 Å².